The number of rotatable bonds is 4. The minimum atomic E-state index is -4.75. The van der Waals surface area contributed by atoms with E-state index in [-0.39, 0.29) is 6.42 Å². The molecule has 0 bridgehead atoms. The third-order valence-electron chi connectivity index (χ3n) is 2.54. The number of aryl methyl sites for hydroxylation is 1. The molecule has 0 spiro atoms. The number of nitrogens with zero attached hydrogens (tertiary/aromatic N) is 2. The Morgan fingerprint density at radius 1 is 1.50 bits per heavy atom. The molecule has 0 aliphatic heterocycles. The molecule has 0 aromatic carbocycles. The highest BCUT2D eigenvalue weighted by Crippen LogP contribution is 2.30. The Morgan fingerprint density at radius 2 is 2.10 bits per heavy atom. The summed E-state index contributed by atoms with van der Waals surface area (Å²) in [6.07, 6.45) is -3.61. The third kappa shape index (κ3) is 3.49. The van der Waals surface area contributed by atoms with Crippen LogP contribution >= 0.6 is 0 Å². The van der Waals surface area contributed by atoms with E-state index in [2.05, 4.69) is 15.2 Å². The summed E-state index contributed by atoms with van der Waals surface area (Å²) in [5.74, 6) is -1.75. The van der Waals surface area contributed by atoms with Gasteiger partial charge in [0.05, 0.1) is 12.7 Å². The Hall–Kier alpha value is -2.06. The number of carbonyl (C=O) groups excluding carboxylic acids is 2. The Morgan fingerprint density at radius 3 is 2.55 bits per heavy atom. The van der Waals surface area contributed by atoms with Gasteiger partial charge < -0.3 is 10.1 Å². The summed E-state index contributed by atoms with van der Waals surface area (Å²) in [5.41, 5.74) is -1.93. The minimum Gasteiger partial charge on any atom is -0.467 e. The summed E-state index contributed by atoms with van der Waals surface area (Å²) < 4.78 is 43.5. The highest BCUT2D eigenvalue weighted by molar-refractivity contribution is 5.97. The first-order valence-electron chi connectivity index (χ1n) is 5.70. The van der Waals surface area contributed by atoms with Crippen molar-refractivity contribution in [2.24, 2.45) is 7.05 Å². The van der Waals surface area contributed by atoms with E-state index in [1.54, 1.807) is 6.92 Å². The second-order valence-corrected chi connectivity index (χ2v) is 4.02. The number of hydrogen-bond acceptors (Lipinski definition) is 4. The van der Waals surface area contributed by atoms with Gasteiger partial charge >= 0.3 is 12.1 Å². The molecule has 0 aliphatic rings. The van der Waals surface area contributed by atoms with Gasteiger partial charge in [-0.2, -0.15) is 18.3 Å². The van der Waals surface area contributed by atoms with Crippen molar-refractivity contribution in [3.8, 4) is 0 Å². The molecule has 1 aromatic rings. The maximum absolute atomic E-state index is 12.7. The van der Waals surface area contributed by atoms with Crippen molar-refractivity contribution in [2.45, 2.75) is 25.6 Å². The van der Waals surface area contributed by atoms with Crippen LogP contribution in [0.5, 0.6) is 0 Å². The Labute approximate surface area is 112 Å². The third-order valence-corrected chi connectivity index (χ3v) is 2.54. The minimum absolute atomic E-state index is 0.194. The van der Waals surface area contributed by atoms with Gasteiger partial charge in [0, 0.05) is 13.2 Å². The molecule has 20 heavy (non-hydrogen) atoms. The van der Waals surface area contributed by atoms with Crippen LogP contribution in [0.1, 0.15) is 29.4 Å². The molecule has 0 fully saturated rings. The number of hydrogen-bond donors (Lipinski definition) is 1. The number of methoxy groups -OCH3 is 1. The normalized spacial score (nSPS) is 12.9. The van der Waals surface area contributed by atoms with Gasteiger partial charge in [-0.05, 0) is 6.42 Å². The molecule has 1 rings (SSSR count). The predicted octanol–water partition coefficient (Wildman–Crippen LogP) is 1.12. The molecule has 1 aromatic heterocycles. The Bertz CT molecular complexity index is 511. The molecule has 1 N–H and O–H groups in total. The van der Waals surface area contributed by atoms with Gasteiger partial charge in [-0.3, -0.25) is 9.48 Å². The molecule has 0 saturated carbocycles. The molecule has 112 valence electrons. The summed E-state index contributed by atoms with van der Waals surface area (Å²) in [6, 6.07) is -1.01. The van der Waals surface area contributed by atoms with Crippen molar-refractivity contribution < 1.29 is 27.5 Å². The van der Waals surface area contributed by atoms with Gasteiger partial charge in [0.2, 0.25) is 0 Å². The van der Waals surface area contributed by atoms with Crippen molar-refractivity contribution in [3.63, 3.8) is 0 Å². The highest BCUT2D eigenvalue weighted by atomic mass is 19.4. The van der Waals surface area contributed by atoms with Gasteiger partial charge in [0.25, 0.3) is 5.91 Å². The van der Waals surface area contributed by atoms with Gasteiger partial charge in [-0.15, -0.1) is 0 Å². The van der Waals surface area contributed by atoms with Crippen molar-refractivity contribution in [1.29, 1.82) is 0 Å². The second kappa shape index (κ2) is 5.93. The number of amides is 1. The average Bonchev–Trinajstić information content (AvgIpc) is 2.77. The van der Waals surface area contributed by atoms with Gasteiger partial charge in [-0.1, -0.05) is 6.92 Å². The lowest BCUT2D eigenvalue weighted by Gasteiger charge is -2.14. The number of ether oxygens (including phenoxy) is 1. The van der Waals surface area contributed by atoms with Crippen LogP contribution in [0.4, 0.5) is 13.2 Å². The molecule has 0 saturated heterocycles. The quantitative estimate of drug-likeness (QED) is 0.844. The van der Waals surface area contributed by atoms with Crippen LogP contribution in [-0.2, 0) is 22.8 Å². The van der Waals surface area contributed by atoms with Crippen LogP contribution in [-0.4, -0.2) is 34.8 Å². The number of esters is 1. The second-order valence-electron chi connectivity index (χ2n) is 4.02. The van der Waals surface area contributed by atoms with E-state index in [9.17, 15) is 22.8 Å². The Kier molecular flexibility index (Phi) is 4.74. The summed E-state index contributed by atoms with van der Waals surface area (Å²) in [6.45, 7) is 1.59. The molecule has 1 heterocycles. The topological polar surface area (TPSA) is 73.2 Å². The van der Waals surface area contributed by atoms with Gasteiger partial charge in [0.15, 0.2) is 5.69 Å². The fraction of sp³-hybridized carbons (Fsp3) is 0.545. The van der Waals surface area contributed by atoms with E-state index >= 15 is 0 Å². The molecule has 0 radical (unpaired) electrons. The van der Waals surface area contributed by atoms with Crippen molar-refractivity contribution in [3.05, 3.63) is 17.5 Å². The van der Waals surface area contributed by atoms with E-state index in [0.717, 1.165) is 18.0 Å². The number of carbonyl (C=O) groups is 2. The first-order valence-corrected chi connectivity index (χ1v) is 5.70. The predicted molar refractivity (Wildman–Crippen MR) is 61.8 cm³/mol. The van der Waals surface area contributed by atoms with Gasteiger partial charge in [0.1, 0.15) is 6.04 Å². The maximum Gasteiger partial charge on any atom is 0.435 e. The molecule has 1 atom stereocenters. The van der Waals surface area contributed by atoms with Crippen LogP contribution in [0.3, 0.4) is 0 Å². The molecular formula is C11H14F3N3O3. The van der Waals surface area contributed by atoms with Crippen LogP contribution in [0.2, 0.25) is 0 Å². The Balaban J connectivity index is 3.01. The SMILES string of the molecule is CC[C@@H](NC(=O)c1cn(C)nc1C(F)(F)F)C(=O)OC. The van der Waals surface area contributed by atoms with E-state index < -0.39 is 35.4 Å². The first-order chi connectivity index (χ1) is 9.20. The fourth-order valence-corrected chi connectivity index (χ4v) is 1.57. The van der Waals surface area contributed by atoms with E-state index in [1.165, 1.54) is 7.05 Å². The lowest BCUT2D eigenvalue weighted by atomic mass is 10.2. The highest BCUT2D eigenvalue weighted by Gasteiger charge is 2.39. The molecule has 1 amide bonds. The molecular weight excluding hydrogens is 279 g/mol. The zero-order valence-electron chi connectivity index (χ0n) is 11.1. The maximum atomic E-state index is 12.7. The first kappa shape index (κ1) is 16.0. The zero-order valence-corrected chi connectivity index (χ0v) is 11.1. The molecule has 0 unspecified atom stereocenters. The van der Waals surface area contributed by atoms with Crippen LogP contribution in [0.15, 0.2) is 6.20 Å². The number of aromatic nitrogens is 2. The lowest BCUT2D eigenvalue weighted by molar-refractivity contribution is -0.143. The van der Waals surface area contributed by atoms with E-state index in [1.807, 2.05) is 0 Å². The van der Waals surface area contributed by atoms with Crippen molar-refractivity contribution >= 4 is 11.9 Å². The number of alkyl halides is 3. The molecule has 6 nitrogen and oxygen atoms in total. The van der Waals surface area contributed by atoms with Crippen molar-refractivity contribution in [1.82, 2.24) is 15.1 Å². The average molecular weight is 293 g/mol. The fourth-order valence-electron chi connectivity index (χ4n) is 1.57. The molecule has 9 heteroatoms. The molecule has 0 aliphatic carbocycles. The summed E-state index contributed by atoms with van der Waals surface area (Å²) in [7, 11) is 2.39. The lowest BCUT2D eigenvalue weighted by Crippen LogP contribution is -2.41. The van der Waals surface area contributed by atoms with E-state index in [0.29, 0.717) is 0 Å². The summed E-state index contributed by atoms with van der Waals surface area (Å²) >= 11 is 0. The summed E-state index contributed by atoms with van der Waals surface area (Å²) in [4.78, 5) is 23.2. The van der Waals surface area contributed by atoms with Crippen LogP contribution < -0.4 is 5.32 Å². The zero-order chi connectivity index (χ0) is 15.5. The smallest absolute Gasteiger partial charge is 0.435 e. The van der Waals surface area contributed by atoms with Crippen LogP contribution in [0.25, 0.3) is 0 Å². The standard InChI is InChI=1S/C11H14F3N3O3/c1-4-7(10(19)20-3)15-9(18)6-5-17(2)16-8(6)11(12,13)14/h5,7H,4H2,1-3H3,(H,15,18)/t7-/m1/s1. The van der Waals surface area contributed by atoms with E-state index in [4.69, 9.17) is 0 Å². The number of nitrogens with one attached hydrogen (secondary N) is 1. The monoisotopic (exact) mass is 293 g/mol. The van der Waals surface area contributed by atoms with Crippen LogP contribution in [0, 0.1) is 0 Å². The van der Waals surface area contributed by atoms with Gasteiger partial charge in [-0.25, -0.2) is 4.79 Å². The summed E-state index contributed by atoms with van der Waals surface area (Å²) in [5, 5.41) is 5.41. The largest absolute Gasteiger partial charge is 0.467 e. The van der Waals surface area contributed by atoms with Crippen molar-refractivity contribution in [2.75, 3.05) is 7.11 Å². The number of halogens is 3.